The summed E-state index contributed by atoms with van der Waals surface area (Å²) in [6.07, 6.45) is 55.5. The normalized spacial score (nSPS) is 42.5. The molecule has 21 rings (SSSR count). The van der Waals surface area contributed by atoms with Gasteiger partial charge in [0.15, 0.2) is 23.0 Å². The summed E-state index contributed by atoms with van der Waals surface area (Å²) in [6, 6.07) is 0. The summed E-state index contributed by atoms with van der Waals surface area (Å²) in [7, 11) is 4.16. The third-order valence-electron chi connectivity index (χ3n) is 47.2. The molecule has 0 aromatic heterocycles. The van der Waals surface area contributed by atoms with E-state index in [0.717, 1.165) is 244 Å². The number of ether oxygens (including phenoxy) is 5. The van der Waals surface area contributed by atoms with Crippen molar-refractivity contribution >= 4 is 69.6 Å². The first kappa shape index (κ1) is 120. The number of esters is 2. The number of fused-ring (bicyclic) bond motifs is 28. The number of aliphatic hydroxyl groups excluding tert-OH is 3. The number of halogens is 1. The average molecular weight is 2190 g/mol. The number of carbonyl (C=O) groups is 8. The number of ketones is 4. The molecule has 20 aliphatic carbocycles. The molecule has 24 atom stereocenters. The summed E-state index contributed by atoms with van der Waals surface area (Å²) < 4.78 is 28.2. The molecule has 6 N–H and O–H groups in total. The predicted molar refractivity (Wildman–Crippen MR) is 596 cm³/mol. The van der Waals surface area contributed by atoms with Crippen molar-refractivity contribution in [1.29, 1.82) is 0 Å². The first-order valence-corrected chi connectivity index (χ1v) is 58.0. The van der Waals surface area contributed by atoms with Crippen LogP contribution in [0.3, 0.4) is 0 Å². The maximum absolute atomic E-state index is 13.1. The smallest absolute Gasteiger partial charge is 0.870 e. The van der Waals surface area contributed by atoms with Crippen LogP contribution in [0.15, 0.2) is 185 Å². The van der Waals surface area contributed by atoms with Crippen LogP contribution in [0.1, 0.15) is 380 Å². The summed E-state index contributed by atoms with van der Waals surface area (Å²) in [4.78, 5) is 102. The summed E-state index contributed by atoms with van der Waals surface area (Å²) in [5, 5.41) is 47.7. The van der Waals surface area contributed by atoms with Crippen molar-refractivity contribution in [3.05, 3.63) is 185 Å². The molecule has 0 unspecified atom stereocenters. The second-order valence-electron chi connectivity index (χ2n) is 54.4. The van der Waals surface area contributed by atoms with Crippen LogP contribution in [0.25, 0.3) is 0 Å². The van der Waals surface area contributed by atoms with Gasteiger partial charge in [-0.3, -0.25) is 38.4 Å². The molecule has 0 radical (unpaired) electrons. The molecule has 0 amide bonds. The number of carboxylic acid groups (broad SMARTS) is 2. The Morgan fingerprint density at radius 1 is 0.340 bits per heavy atom. The second kappa shape index (κ2) is 41.6. The van der Waals surface area contributed by atoms with E-state index in [1.165, 1.54) is 51.6 Å². The molecule has 1 aliphatic heterocycles. The predicted octanol–water partition coefficient (Wildman–Crippen LogP) is 26.6. The fraction of sp³-hybridized carbons (Fsp3) is 0.690. The number of carbonyl (C=O) groups excluding carboxylic acids is 6. The van der Waals surface area contributed by atoms with Crippen LogP contribution in [-0.2, 0) is 62.0 Å². The molecule has 19 nitrogen and oxygen atoms in total. The molecule has 150 heavy (non-hydrogen) atoms. The molecule has 1 saturated heterocycles. The maximum Gasteiger partial charge on any atom is 1.00 e. The van der Waals surface area contributed by atoms with Crippen molar-refractivity contribution in [3.63, 3.8) is 0 Å². The van der Waals surface area contributed by atoms with E-state index in [-0.39, 0.29) is 168 Å². The second-order valence-corrected chi connectivity index (χ2v) is 56.0. The Hall–Kier alpha value is -6.79. The van der Waals surface area contributed by atoms with Crippen LogP contribution in [0.2, 0.25) is 0 Å². The van der Waals surface area contributed by atoms with Gasteiger partial charge in [-0.2, -0.15) is 0 Å². The van der Waals surface area contributed by atoms with E-state index in [0.29, 0.717) is 59.5 Å². The van der Waals surface area contributed by atoms with Crippen molar-refractivity contribution < 1.29 is 123 Å². The number of methoxy groups -OCH3 is 2. The molecule has 21 heteroatoms. The van der Waals surface area contributed by atoms with Gasteiger partial charge in [0.25, 0.3) is 0 Å². The molecule has 13 fully saturated rings. The Balaban J connectivity index is 0.000000161. The quantitative estimate of drug-likeness (QED) is 0.0652. The largest absolute Gasteiger partial charge is 1.00 e. The summed E-state index contributed by atoms with van der Waals surface area (Å²) in [5.41, 5.74) is 15.6. The van der Waals surface area contributed by atoms with E-state index in [4.69, 9.17) is 28.8 Å². The van der Waals surface area contributed by atoms with Gasteiger partial charge in [0.05, 0.1) is 49.1 Å². The number of allylic oxidation sites excluding steroid dienone is 28. The zero-order valence-corrected chi connectivity index (χ0v) is 102. The van der Waals surface area contributed by atoms with Gasteiger partial charge in [-0.1, -0.05) is 211 Å². The van der Waals surface area contributed by atoms with Crippen LogP contribution in [0, 0.1) is 132 Å². The van der Waals surface area contributed by atoms with Crippen LogP contribution in [-0.4, -0.2) is 130 Å². The van der Waals surface area contributed by atoms with Gasteiger partial charge in [0.2, 0.25) is 23.1 Å². The number of aliphatic carboxylic acids is 2. The minimum atomic E-state index is -0.655. The Morgan fingerprint density at radius 2 is 0.560 bits per heavy atom. The summed E-state index contributed by atoms with van der Waals surface area (Å²) in [6.45, 7) is 63.4. The van der Waals surface area contributed by atoms with Crippen molar-refractivity contribution in [2.24, 2.45) is 132 Å². The molecule has 0 bridgehead atoms. The number of aliphatic hydroxyl groups is 3. The Bertz CT molecular complexity index is 6070. The molecular formula is C129H182INaO19. The maximum atomic E-state index is 13.1. The molecule has 12 saturated carbocycles. The SMILES string of the molecule is C1CCOC1.CC1=C(O)C(=O)C=C2C1=CC=C1[C@@]2(C)CC[C@@]2(C)[C@@H]3C[C@](C)(C(=O)O)CC[C@]3(C)CC[C@]12C.CCI.CCOC(=O)[C@]1(C)CC[C@]2(C)CC[C@]3(C)C4=CC=C5C(=CC(=O)C(O)=C5C)[C@]4(C)CC[C@@]3(C)[C@@H]2C1.CCOC(=O)[C@]1(C)CC[C@]2(C)CC[C@]3(C)C4=CC=C5C(=CC(=O)C(OC)=C5C)[C@]4(C)CC[C@@]3(C)[C@@H]2C1.CO.COC1=C(C)C2=CC=C3[C@@](C)(CC[C@@]4(C)[C@@H]5C[C@](C)(C(=O)O)CC[C@]5(C)CC[C@]34C)C2=CC1=O.[Na+].[OH-]. The zero-order chi connectivity index (χ0) is 109. The Kier molecular flexibility index (Phi) is 33.3. The van der Waals surface area contributed by atoms with Gasteiger partial charge in [-0.25, -0.2) is 0 Å². The number of hydrogen-bond acceptors (Lipinski definition) is 17. The van der Waals surface area contributed by atoms with E-state index in [1.807, 2.05) is 67.5 Å². The first-order chi connectivity index (χ1) is 68.9. The van der Waals surface area contributed by atoms with Crippen LogP contribution in [0.5, 0.6) is 0 Å². The number of hydrogen-bond donors (Lipinski definition) is 5. The fourth-order valence-electron chi connectivity index (χ4n) is 36.2. The molecule has 0 spiro atoms. The van der Waals surface area contributed by atoms with Gasteiger partial charge in [-0.15, -0.1) is 0 Å². The number of alkyl halides is 1. The van der Waals surface area contributed by atoms with Gasteiger partial charge >= 0.3 is 53.4 Å². The first-order valence-electron chi connectivity index (χ1n) is 56.4. The third-order valence-corrected chi connectivity index (χ3v) is 47.2. The molecule has 0 aromatic carbocycles. The monoisotopic (exact) mass is 2190 g/mol. The molecule has 1 heterocycles. The molecule has 820 valence electrons. The van der Waals surface area contributed by atoms with Gasteiger partial charge in [0.1, 0.15) is 0 Å². The number of rotatable bonds is 8. The van der Waals surface area contributed by atoms with E-state index < -0.39 is 33.6 Å². The fourth-order valence-corrected chi connectivity index (χ4v) is 36.2. The third kappa shape index (κ3) is 18.0. The van der Waals surface area contributed by atoms with Crippen molar-refractivity contribution in [2.45, 2.75) is 380 Å². The van der Waals surface area contributed by atoms with Crippen LogP contribution >= 0.6 is 22.6 Å². The summed E-state index contributed by atoms with van der Waals surface area (Å²) >= 11 is 2.29. The molecular weight excluding hydrogens is 2000 g/mol. The topological polar surface area (TPSA) is 314 Å². The average Bonchev–Trinajstić information content (AvgIpc) is 0.740. The zero-order valence-electron chi connectivity index (χ0n) is 97.4. The van der Waals surface area contributed by atoms with Crippen LogP contribution < -0.4 is 29.6 Å². The molecule has 0 aromatic rings. The van der Waals surface area contributed by atoms with E-state index >= 15 is 0 Å². The van der Waals surface area contributed by atoms with Crippen molar-refractivity contribution in [1.82, 2.24) is 0 Å². The Morgan fingerprint density at radius 3 is 0.780 bits per heavy atom. The van der Waals surface area contributed by atoms with E-state index in [9.17, 15) is 58.8 Å². The van der Waals surface area contributed by atoms with Crippen molar-refractivity contribution in [3.8, 4) is 0 Å². The van der Waals surface area contributed by atoms with Crippen molar-refractivity contribution in [2.75, 3.05) is 52.2 Å². The van der Waals surface area contributed by atoms with Gasteiger partial charge in [0, 0.05) is 64.3 Å². The Labute approximate surface area is 933 Å². The standard InChI is InChI=1S/C32H44O4.C31H42O4.C30H40O4.C29H38O4.C4H8O.C2H5I.CH4O.Na.H2O/c1-9-36-27(34)29(4)13-12-28(3)14-16-31(6)24-11-10-21-20(2)26(35-8)23(33)18-22(21)30(24,5)15-17-32(31,7)25(28)19-29;1-8-35-26(34)28(4)12-11-27(3)13-15-30(6)23-10-9-20-19(2)25(33)22(32)17-21(20)29(23,5)14-16-31(30,7)24(27)18-28;1-18-19-8-9-22-28(4,20(19)16-21(31)24(18)34-7)13-15-30(6)23-17-27(3,25(32)33)11-10-26(23,2)12-14-29(22,30)5;1-17-18-7-8-21-27(4,19(18)15-20(30)23(17)31)12-14-29(6)22-16-26(3,24(32)33)10-9-25(22,2)11-13-28(21,29)5;1-2-4-5-3-1;1-2-3;1-2;;/h10-11,18,25H,9,12-17,19H2,1-8H3;9-10,17,24,33H,8,11-16,18H2,1-7H3;8-9,16,23H,10-15,17H2,1-7H3,(H,32,33);7-8,15,22,31H,9-14,16H2,1-6H3,(H,32,33);1-4H2;2H2,1H3;2H,1H3;;1H2/q;;;;;;;+1;/p-1/t25-,28-,29-,30+,31-,32+;24-,27-,28-,29+,30-,31+;23-,26-,27-,28+,29-,30+;22-,25-,26-,27+,28-,29+;;;;;/m1111...../s1. The number of carboxylic acids is 2. The van der Waals surface area contributed by atoms with Gasteiger partial charge < -0.3 is 54.7 Å². The van der Waals surface area contributed by atoms with Crippen LogP contribution in [0.4, 0.5) is 0 Å². The summed E-state index contributed by atoms with van der Waals surface area (Å²) in [5.74, 6) is 0.291. The van der Waals surface area contributed by atoms with E-state index in [1.54, 1.807) is 26.4 Å². The molecule has 21 aliphatic rings. The van der Waals surface area contributed by atoms with Gasteiger partial charge in [-0.05, 0) is 424 Å². The minimum Gasteiger partial charge on any atom is -0.870 e. The minimum absolute atomic E-state index is 0. The van der Waals surface area contributed by atoms with E-state index in [2.05, 4.69) is 203 Å².